The standard InChI is InChI=1S/C20H22F2N4O2/c1-2-20(21,22)15-6-3-5-14(11-15)12-26-13-16-17(25-26)7-9-23-18(16)19(28)24-8-4-10-27/h3,5-7,9,11,13,27H,2,4,8,10,12H2,1H3,(H,24,28). The molecular weight excluding hydrogens is 366 g/mol. The van der Waals surface area contributed by atoms with E-state index in [9.17, 15) is 13.6 Å². The van der Waals surface area contributed by atoms with Gasteiger partial charge >= 0.3 is 0 Å². The smallest absolute Gasteiger partial charge is 0.273 e. The van der Waals surface area contributed by atoms with Gasteiger partial charge in [0.05, 0.1) is 17.4 Å². The third-order valence-corrected chi connectivity index (χ3v) is 4.45. The first-order chi connectivity index (χ1) is 13.4. The van der Waals surface area contributed by atoms with E-state index in [2.05, 4.69) is 15.4 Å². The van der Waals surface area contributed by atoms with Crippen molar-refractivity contribution in [1.82, 2.24) is 20.1 Å². The second-order valence-electron chi connectivity index (χ2n) is 6.51. The fraction of sp³-hybridized carbons (Fsp3) is 0.350. The topological polar surface area (TPSA) is 80.0 Å². The molecule has 0 spiro atoms. The highest BCUT2D eigenvalue weighted by Crippen LogP contribution is 2.31. The lowest BCUT2D eigenvalue weighted by Gasteiger charge is -2.15. The van der Waals surface area contributed by atoms with Crippen molar-refractivity contribution in [1.29, 1.82) is 0 Å². The number of benzene rings is 1. The van der Waals surface area contributed by atoms with Gasteiger partial charge in [0.15, 0.2) is 0 Å². The van der Waals surface area contributed by atoms with Crippen LogP contribution < -0.4 is 5.32 Å². The molecule has 0 bridgehead atoms. The Morgan fingerprint density at radius 2 is 2.14 bits per heavy atom. The highest BCUT2D eigenvalue weighted by molar-refractivity contribution is 6.04. The van der Waals surface area contributed by atoms with E-state index >= 15 is 0 Å². The van der Waals surface area contributed by atoms with Gasteiger partial charge < -0.3 is 10.4 Å². The molecular formula is C20H22F2N4O2. The van der Waals surface area contributed by atoms with Crippen molar-refractivity contribution in [2.75, 3.05) is 13.2 Å². The zero-order valence-corrected chi connectivity index (χ0v) is 15.5. The molecule has 0 unspecified atom stereocenters. The van der Waals surface area contributed by atoms with E-state index in [0.717, 1.165) is 0 Å². The summed E-state index contributed by atoms with van der Waals surface area (Å²) in [5.41, 5.74) is 1.51. The first-order valence-corrected chi connectivity index (χ1v) is 9.13. The van der Waals surface area contributed by atoms with Gasteiger partial charge in [0.25, 0.3) is 11.8 Å². The first-order valence-electron chi connectivity index (χ1n) is 9.13. The number of pyridine rings is 1. The molecule has 1 amide bonds. The van der Waals surface area contributed by atoms with Gasteiger partial charge in [-0.15, -0.1) is 0 Å². The van der Waals surface area contributed by atoms with Gasteiger partial charge in [0.1, 0.15) is 5.69 Å². The molecule has 1 aromatic carbocycles. The number of hydrogen-bond donors (Lipinski definition) is 2. The summed E-state index contributed by atoms with van der Waals surface area (Å²) in [6.45, 7) is 2.09. The largest absolute Gasteiger partial charge is 0.396 e. The van der Waals surface area contributed by atoms with Crippen LogP contribution in [0, 0.1) is 0 Å². The third-order valence-electron chi connectivity index (χ3n) is 4.45. The number of nitrogens with zero attached hydrogens (tertiary/aromatic N) is 3. The van der Waals surface area contributed by atoms with Gasteiger partial charge in [-0.3, -0.25) is 14.5 Å². The molecule has 0 fully saturated rings. The Morgan fingerprint density at radius 3 is 2.89 bits per heavy atom. The molecule has 3 aromatic rings. The summed E-state index contributed by atoms with van der Waals surface area (Å²) in [5.74, 6) is -3.21. The molecule has 0 aliphatic carbocycles. The highest BCUT2D eigenvalue weighted by Gasteiger charge is 2.28. The maximum absolute atomic E-state index is 13.9. The molecule has 2 N–H and O–H groups in total. The Labute approximate surface area is 161 Å². The molecule has 28 heavy (non-hydrogen) atoms. The Kier molecular flexibility index (Phi) is 5.99. The van der Waals surface area contributed by atoms with E-state index in [1.807, 2.05) is 0 Å². The SMILES string of the molecule is CCC(F)(F)c1cccc(Cn2cc3c(C(=O)NCCCO)nccc3n2)c1. The van der Waals surface area contributed by atoms with Crippen molar-refractivity contribution in [3.63, 3.8) is 0 Å². The number of hydrogen-bond acceptors (Lipinski definition) is 4. The van der Waals surface area contributed by atoms with Crippen LogP contribution in [-0.4, -0.2) is 38.9 Å². The van der Waals surface area contributed by atoms with Crippen LogP contribution in [0.25, 0.3) is 10.9 Å². The van der Waals surface area contributed by atoms with Crippen LogP contribution in [0.1, 0.15) is 41.4 Å². The molecule has 2 heterocycles. The number of alkyl halides is 2. The molecule has 0 aliphatic rings. The molecule has 0 aliphatic heterocycles. The van der Waals surface area contributed by atoms with Gasteiger partial charge in [0.2, 0.25) is 0 Å². The number of fused-ring (bicyclic) bond motifs is 1. The zero-order chi connectivity index (χ0) is 20.1. The van der Waals surface area contributed by atoms with Crippen molar-refractivity contribution < 1.29 is 18.7 Å². The lowest BCUT2D eigenvalue weighted by molar-refractivity contribution is -0.00836. The third kappa shape index (κ3) is 4.33. The van der Waals surface area contributed by atoms with Crippen molar-refractivity contribution in [3.8, 4) is 0 Å². The predicted octanol–water partition coefficient (Wildman–Crippen LogP) is 3.09. The van der Waals surface area contributed by atoms with Gasteiger partial charge in [-0.25, -0.2) is 8.78 Å². The Bertz CT molecular complexity index is 972. The minimum Gasteiger partial charge on any atom is -0.396 e. The number of amides is 1. The summed E-state index contributed by atoms with van der Waals surface area (Å²) in [5, 5.41) is 16.5. The number of aromatic nitrogens is 3. The minimum atomic E-state index is -2.87. The molecule has 0 saturated heterocycles. The van der Waals surface area contributed by atoms with E-state index in [4.69, 9.17) is 5.11 Å². The number of halogens is 2. The summed E-state index contributed by atoms with van der Waals surface area (Å²) < 4.78 is 29.5. The summed E-state index contributed by atoms with van der Waals surface area (Å²) in [6.07, 6.45) is 3.39. The van der Waals surface area contributed by atoms with E-state index in [1.54, 1.807) is 29.1 Å². The maximum Gasteiger partial charge on any atom is 0.273 e. The fourth-order valence-corrected chi connectivity index (χ4v) is 2.91. The molecule has 8 heteroatoms. The second-order valence-corrected chi connectivity index (χ2v) is 6.51. The van der Waals surface area contributed by atoms with Gasteiger partial charge in [-0.1, -0.05) is 25.1 Å². The number of nitrogens with one attached hydrogen (secondary N) is 1. The fourth-order valence-electron chi connectivity index (χ4n) is 2.91. The quantitative estimate of drug-likeness (QED) is 0.581. The number of carbonyl (C=O) groups is 1. The summed E-state index contributed by atoms with van der Waals surface area (Å²) >= 11 is 0. The van der Waals surface area contributed by atoms with Gasteiger partial charge in [-0.2, -0.15) is 5.10 Å². The van der Waals surface area contributed by atoms with Crippen LogP contribution in [0.15, 0.2) is 42.7 Å². The van der Waals surface area contributed by atoms with Crippen LogP contribution in [0.3, 0.4) is 0 Å². The van der Waals surface area contributed by atoms with Gasteiger partial charge in [-0.05, 0) is 24.1 Å². The Balaban J connectivity index is 1.85. The van der Waals surface area contributed by atoms with Crippen molar-refractivity contribution in [2.24, 2.45) is 0 Å². The van der Waals surface area contributed by atoms with Crippen LogP contribution >= 0.6 is 0 Å². The van der Waals surface area contributed by atoms with Crippen molar-refractivity contribution in [2.45, 2.75) is 32.2 Å². The molecule has 148 valence electrons. The summed E-state index contributed by atoms with van der Waals surface area (Å²) in [7, 11) is 0. The first kappa shape index (κ1) is 19.9. The average molecular weight is 388 g/mol. The van der Waals surface area contributed by atoms with Crippen LogP contribution in [0.2, 0.25) is 0 Å². The number of carbonyl (C=O) groups excluding carboxylic acids is 1. The van der Waals surface area contributed by atoms with Crippen LogP contribution in [0.5, 0.6) is 0 Å². The second kappa shape index (κ2) is 8.43. The molecule has 6 nitrogen and oxygen atoms in total. The van der Waals surface area contributed by atoms with Crippen molar-refractivity contribution >= 4 is 16.8 Å². The number of rotatable bonds is 8. The lowest BCUT2D eigenvalue weighted by Crippen LogP contribution is -2.26. The molecule has 2 aromatic heterocycles. The minimum absolute atomic E-state index is 0.00795. The zero-order valence-electron chi connectivity index (χ0n) is 15.5. The van der Waals surface area contributed by atoms with Crippen LogP contribution in [-0.2, 0) is 12.5 Å². The van der Waals surface area contributed by atoms with Crippen molar-refractivity contribution in [3.05, 3.63) is 59.5 Å². The molecule has 3 rings (SSSR count). The number of aliphatic hydroxyl groups excluding tert-OH is 1. The lowest BCUT2D eigenvalue weighted by atomic mass is 10.0. The predicted molar refractivity (Wildman–Crippen MR) is 101 cm³/mol. The number of aliphatic hydroxyl groups is 1. The monoisotopic (exact) mass is 388 g/mol. The van der Waals surface area contributed by atoms with Gasteiger partial charge in [0, 0.05) is 37.5 Å². The van der Waals surface area contributed by atoms with E-state index in [0.29, 0.717) is 36.0 Å². The molecule has 0 radical (unpaired) electrons. The Hall–Kier alpha value is -2.87. The summed E-state index contributed by atoms with van der Waals surface area (Å²) in [4.78, 5) is 16.4. The summed E-state index contributed by atoms with van der Waals surface area (Å²) in [6, 6.07) is 7.97. The normalized spacial score (nSPS) is 11.7. The van der Waals surface area contributed by atoms with E-state index in [1.165, 1.54) is 25.3 Å². The Morgan fingerprint density at radius 1 is 1.32 bits per heavy atom. The maximum atomic E-state index is 13.9. The van der Waals surface area contributed by atoms with E-state index in [-0.39, 0.29) is 30.2 Å². The van der Waals surface area contributed by atoms with E-state index < -0.39 is 5.92 Å². The molecule has 0 saturated carbocycles. The highest BCUT2D eigenvalue weighted by atomic mass is 19.3. The average Bonchev–Trinajstić information content (AvgIpc) is 3.10. The molecule has 0 atom stereocenters. The van der Waals surface area contributed by atoms with Crippen LogP contribution in [0.4, 0.5) is 8.78 Å².